The number of hydrogen-bond acceptors (Lipinski definition) is 5. The van der Waals surface area contributed by atoms with Gasteiger partial charge in [0, 0.05) is 30.7 Å². The Labute approximate surface area is 209 Å². The van der Waals surface area contributed by atoms with Crippen molar-refractivity contribution >= 4 is 34.4 Å². The zero-order chi connectivity index (χ0) is 24.6. The van der Waals surface area contributed by atoms with E-state index >= 15 is 0 Å². The number of fused-ring (bicyclic) bond motifs is 1. The number of aromatic nitrogens is 3. The number of nitrogens with one attached hydrogen (secondary N) is 2. The van der Waals surface area contributed by atoms with E-state index in [1.165, 1.54) is 7.11 Å². The summed E-state index contributed by atoms with van der Waals surface area (Å²) in [5.74, 6) is 0.0257. The predicted octanol–water partition coefficient (Wildman–Crippen LogP) is 4.69. The minimum Gasteiger partial charge on any atom is -0.467 e. The molecule has 4 rings (SSSR count). The molecule has 0 saturated heterocycles. The number of methoxy groups -OCH3 is 1. The topological polar surface area (TPSA) is 89.0 Å². The van der Waals surface area contributed by atoms with E-state index in [-0.39, 0.29) is 5.91 Å². The molecular weight excluding hydrogens is 460 g/mol. The lowest BCUT2D eigenvalue weighted by Crippen LogP contribution is -2.42. The number of imidazole rings is 1. The highest BCUT2D eigenvalue weighted by molar-refractivity contribution is 7.98. The van der Waals surface area contributed by atoms with E-state index in [1.54, 1.807) is 18.1 Å². The molecule has 0 aliphatic heterocycles. The summed E-state index contributed by atoms with van der Waals surface area (Å²) in [6.45, 7) is 0.741. The highest BCUT2D eigenvalue weighted by Crippen LogP contribution is 2.32. The Kier molecular flexibility index (Phi) is 8.26. The van der Waals surface area contributed by atoms with E-state index in [2.05, 4.69) is 33.5 Å². The summed E-state index contributed by atoms with van der Waals surface area (Å²) < 4.78 is 6.99. The van der Waals surface area contributed by atoms with Crippen LogP contribution in [-0.2, 0) is 22.5 Å². The normalized spacial score (nSPS) is 11.9. The lowest BCUT2D eigenvalue weighted by atomic mass is 9.97. The number of nitrogens with zero attached hydrogens (tertiary/aromatic N) is 2. The largest absolute Gasteiger partial charge is 0.467 e. The van der Waals surface area contributed by atoms with E-state index in [1.807, 2.05) is 53.7 Å². The number of thioether (sulfide) groups is 1. The summed E-state index contributed by atoms with van der Waals surface area (Å²) in [6.07, 6.45) is 11.7. The Hall–Kier alpha value is -3.52. The third kappa shape index (κ3) is 5.95. The number of ether oxygens (including phenoxy) is 1. The second-order valence-corrected chi connectivity index (χ2v) is 9.33. The van der Waals surface area contributed by atoms with E-state index in [9.17, 15) is 9.59 Å². The molecule has 0 aliphatic carbocycles. The van der Waals surface area contributed by atoms with E-state index in [4.69, 9.17) is 4.74 Å². The van der Waals surface area contributed by atoms with Crippen LogP contribution in [0.3, 0.4) is 0 Å². The van der Waals surface area contributed by atoms with Crippen LogP contribution < -0.4 is 5.32 Å². The molecule has 0 unspecified atom stereocenters. The zero-order valence-electron chi connectivity index (χ0n) is 20.0. The number of aromatic amines is 1. The van der Waals surface area contributed by atoms with Crippen molar-refractivity contribution in [1.82, 2.24) is 19.9 Å². The molecule has 0 bridgehead atoms. The van der Waals surface area contributed by atoms with Crippen molar-refractivity contribution in [2.45, 2.75) is 31.8 Å². The van der Waals surface area contributed by atoms with Crippen LogP contribution in [0.15, 0.2) is 67.4 Å². The molecule has 0 saturated carbocycles. The molecule has 0 radical (unpaired) electrons. The number of carbonyl (C=O) groups excluding carboxylic acids is 2. The van der Waals surface area contributed by atoms with Gasteiger partial charge in [0.05, 0.1) is 24.7 Å². The molecule has 4 aromatic rings. The van der Waals surface area contributed by atoms with Gasteiger partial charge < -0.3 is 19.6 Å². The van der Waals surface area contributed by atoms with Gasteiger partial charge in [-0.15, -0.1) is 0 Å². The fourth-order valence-corrected chi connectivity index (χ4v) is 4.70. The highest BCUT2D eigenvalue weighted by atomic mass is 32.2. The van der Waals surface area contributed by atoms with Crippen molar-refractivity contribution in [2.24, 2.45) is 0 Å². The summed E-state index contributed by atoms with van der Waals surface area (Å²) in [7, 11) is 1.35. The van der Waals surface area contributed by atoms with Crippen LogP contribution in [-0.4, -0.2) is 51.6 Å². The average molecular weight is 491 g/mol. The Bertz CT molecular complexity index is 1280. The first-order chi connectivity index (χ1) is 17.1. The summed E-state index contributed by atoms with van der Waals surface area (Å²) in [6, 6.07) is 13.6. The Morgan fingerprint density at radius 2 is 1.97 bits per heavy atom. The minimum absolute atomic E-state index is 0.282. The highest BCUT2D eigenvalue weighted by Gasteiger charge is 2.25. The number of esters is 1. The van der Waals surface area contributed by atoms with E-state index < -0.39 is 12.0 Å². The van der Waals surface area contributed by atoms with Crippen molar-refractivity contribution in [3.05, 3.63) is 78.6 Å². The number of benzene rings is 2. The lowest BCUT2D eigenvalue weighted by molar-refractivity contribution is -0.142. The molecule has 8 heteroatoms. The standard InChI is InChI=1S/C27H30N4O3S/c1-34-27(33)25(12-14-35-2)30-26(32)24-17-31(13-6-9-20-15-28-18-29-20)16-23(24)22-11-5-8-19-7-3-4-10-21(19)22/h3-5,7-8,10-11,15-18,25H,6,9,12-14H2,1-2H3,(H,28,29)(H,30,32)/t25-/m0/s1. The third-order valence-corrected chi connectivity index (χ3v) is 6.65. The van der Waals surface area contributed by atoms with E-state index in [0.717, 1.165) is 52.7 Å². The first kappa shape index (κ1) is 24.6. The number of carbonyl (C=O) groups is 2. The zero-order valence-corrected chi connectivity index (χ0v) is 20.8. The molecule has 182 valence electrons. The second kappa shape index (κ2) is 11.8. The molecular formula is C27H30N4O3S. The van der Waals surface area contributed by atoms with Gasteiger partial charge in [-0.2, -0.15) is 11.8 Å². The van der Waals surface area contributed by atoms with Gasteiger partial charge in [0.1, 0.15) is 6.04 Å². The molecule has 0 aliphatic rings. The molecule has 2 N–H and O–H groups in total. The van der Waals surface area contributed by atoms with Gasteiger partial charge in [0.15, 0.2) is 0 Å². The Morgan fingerprint density at radius 3 is 2.74 bits per heavy atom. The molecule has 0 spiro atoms. The Balaban J connectivity index is 1.66. The van der Waals surface area contributed by atoms with Crippen LogP contribution >= 0.6 is 11.8 Å². The van der Waals surface area contributed by atoms with Gasteiger partial charge in [0.25, 0.3) is 5.91 Å². The molecule has 0 fully saturated rings. The number of H-pyrrole nitrogens is 1. The van der Waals surface area contributed by atoms with Gasteiger partial charge in [-0.05, 0) is 47.6 Å². The molecule has 1 atom stereocenters. The smallest absolute Gasteiger partial charge is 0.328 e. The average Bonchev–Trinajstić information content (AvgIpc) is 3.56. The summed E-state index contributed by atoms with van der Waals surface area (Å²) >= 11 is 1.62. The maximum atomic E-state index is 13.5. The second-order valence-electron chi connectivity index (χ2n) is 8.34. The monoisotopic (exact) mass is 490 g/mol. The van der Waals surface area contributed by atoms with Crippen molar-refractivity contribution in [2.75, 3.05) is 19.1 Å². The van der Waals surface area contributed by atoms with Crippen molar-refractivity contribution in [3.63, 3.8) is 0 Å². The number of aryl methyl sites for hydroxylation is 2. The van der Waals surface area contributed by atoms with Crippen molar-refractivity contribution in [1.29, 1.82) is 0 Å². The van der Waals surface area contributed by atoms with Gasteiger partial charge in [-0.1, -0.05) is 42.5 Å². The number of rotatable bonds is 11. The number of hydrogen-bond donors (Lipinski definition) is 2. The first-order valence-electron chi connectivity index (χ1n) is 11.6. The van der Waals surface area contributed by atoms with Crippen LogP contribution in [0.2, 0.25) is 0 Å². The SMILES string of the molecule is COC(=O)[C@H](CCSC)NC(=O)c1cn(CCCc2c[nH]cn2)cc1-c1cccc2ccccc12. The van der Waals surface area contributed by atoms with Crippen LogP contribution in [0.5, 0.6) is 0 Å². The van der Waals surface area contributed by atoms with E-state index in [0.29, 0.717) is 12.0 Å². The third-order valence-electron chi connectivity index (χ3n) is 6.01. The summed E-state index contributed by atoms with van der Waals surface area (Å²) in [5.41, 5.74) is 3.38. The summed E-state index contributed by atoms with van der Waals surface area (Å²) in [4.78, 5) is 33.1. The molecule has 35 heavy (non-hydrogen) atoms. The molecule has 2 aromatic carbocycles. The van der Waals surface area contributed by atoms with Gasteiger partial charge in [0.2, 0.25) is 0 Å². The van der Waals surface area contributed by atoms with Crippen molar-refractivity contribution in [3.8, 4) is 11.1 Å². The summed E-state index contributed by atoms with van der Waals surface area (Å²) in [5, 5.41) is 5.10. The van der Waals surface area contributed by atoms with Crippen LogP contribution in [0.25, 0.3) is 21.9 Å². The Morgan fingerprint density at radius 1 is 1.14 bits per heavy atom. The molecule has 2 heterocycles. The number of amides is 1. The molecule has 1 amide bonds. The van der Waals surface area contributed by atoms with Crippen LogP contribution in [0.4, 0.5) is 0 Å². The maximum Gasteiger partial charge on any atom is 0.328 e. The maximum absolute atomic E-state index is 13.5. The first-order valence-corrected chi connectivity index (χ1v) is 13.0. The minimum atomic E-state index is -0.691. The predicted molar refractivity (Wildman–Crippen MR) is 141 cm³/mol. The van der Waals surface area contributed by atoms with Gasteiger partial charge in [-0.3, -0.25) is 4.79 Å². The quantitative estimate of drug-likeness (QED) is 0.298. The van der Waals surface area contributed by atoms with Crippen LogP contribution in [0, 0.1) is 0 Å². The van der Waals surface area contributed by atoms with Gasteiger partial charge in [-0.25, -0.2) is 9.78 Å². The fourth-order valence-electron chi connectivity index (χ4n) is 4.23. The van der Waals surface area contributed by atoms with Crippen molar-refractivity contribution < 1.29 is 14.3 Å². The van der Waals surface area contributed by atoms with Crippen LogP contribution in [0.1, 0.15) is 28.9 Å². The van der Waals surface area contributed by atoms with Gasteiger partial charge >= 0.3 is 5.97 Å². The molecule has 7 nitrogen and oxygen atoms in total. The fraction of sp³-hybridized carbons (Fsp3) is 0.296. The molecule has 2 aromatic heterocycles. The lowest BCUT2D eigenvalue weighted by Gasteiger charge is -2.16.